The van der Waals surface area contributed by atoms with E-state index in [1.807, 2.05) is 13.8 Å². The van der Waals surface area contributed by atoms with Crippen molar-refractivity contribution in [3.8, 4) is 0 Å². The molecular weight excluding hydrogens is 276 g/mol. The lowest BCUT2D eigenvalue weighted by atomic mass is 10.0. The van der Waals surface area contributed by atoms with Crippen molar-refractivity contribution in [1.82, 2.24) is 4.72 Å². The normalized spacial score (nSPS) is 23.1. The number of hydrogen-bond donors (Lipinski definition) is 2. The Kier molecular flexibility index (Phi) is 4.36. The average molecular weight is 298 g/mol. The molecule has 1 aromatic carbocycles. The van der Waals surface area contributed by atoms with Crippen LogP contribution in [0.5, 0.6) is 0 Å². The van der Waals surface area contributed by atoms with E-state index < -0.39 is 10.0 Å². The van der Waals surface area contributed by atoms with E-state index in [1.54, 1.807) is 13.0 Å². The van der Waals surface area contributed by atoms with Crippen LogP contribution < -0.4 is 10.5 Å². The third-order valence-corrected chi connectivity index (χ3v) is 5.55. The van der Waals surface area contributed by atoms with Crippen LogP contribution in [0.15, 0.2) is 17.0 Å². The number of benzene rings is 1. The zero-order valence-electron chi connectivity index (χ0n) is 12.1. The van der Waals surface area contributed by atoms with E-state index in [0.29, 0.717) is 18.8 Å². The van der Waals surface area contributed by atoms with Crippen molar-refractivity contribution in [2.45, 2.75) is 38.2 Å². The van der Waals surface area contributed by atoms with Gasteiger partial charge in [0.2, 0.25) is 10.0 Å². The molecule has 0 amide bonds. The Hall–Kier alpha value is -1.11. The summed E-state index contributed by atoms with van der Waals surface area (Å²) in [4.78, 5) is 0.265. The first kappa shape index (κ1) is 15.3. The number of sulfonamides is 1. The van der Waals surface area contributed by atoms with Crippen LogP contribution in [0.25, 0.3) is 0 Å². The number of nitrogens with one attached hydrogen (secondary N) is 1. The summed E-state index contributed by atoms with van der Waals surface area (Å²) < 4.78 is 32.9. The first-order chi connectivity index (χ1) is 9.31. The maximum atomic E-state index is 12.4. The Morgan fingerprint density at radius 1 is 1.40 bits per heavy atom. The molecule has 0 aliphatic carbocycles. The molecule has 1 saturated heterocycles. The van der Waals surface area contributed by atoms with Gasteiger partial charge in [-0.3, -0.25) is 0 Å². The molecule has 1 fully saturated rings. The summed E-state index contributed by atoms with van der Waals surface area (Å²) in [6, 6.07) is 3.29. The Balaban J connectivity index is 2.18. The van der Waals surface area contributed by atoms with Crippen molar-refractivity contribution in [3.63, 3.8) is 0 Å². The van der Waals surface area contributed by atoms with Crippen molar-refractivity contribution in [2.24, 2.45) is 5.92 Å². The fourth-order valence-electron chi connectivity index (χ4n) is 2.47. The fraction of sp³-hybridized carbons (Fsp3) is 0.571. The third-order valence-electron chi connectivity index (χ3n) is 4.00. The van der Waals surface area contributed by atoms with Gasteiger partial charge in [0.1, 0.15) is 0 Å². The number of nitrogen functional groups attached to an aromatic ring is 1. The molecular formula is C14H22N2O3S. The summed E-state index contributed by atoms with van der Waals surface area (Å²) in [5.41, 5.74) is 7.83. The Labute approximate surface area is 120 Å². The second-order valence-electron chi connectivity index (χ2n) is 5.44. The van der Waals surface area contributed by atoms with Crippen molar-refractivity contribution in [1.29, 1.82) is 0 Å². The first-order valence-corrected chi connectivity index (χ1v) is 8.27. The van der Waals surface area contributed by atoms with Gasteiger partial charge >= 0.3 is 0 Å². The summed E-state index contributed by atoms with van der Waals surface area (Å²) in [5, 5.41) is 0. The van der Waals surface area contributed by atoms with Gasteiger partial charge in [0.25, 0.3) is 0 Å². The number of anilines is 1. The number of rotatable bonds is 4. The highest BCUT2D eigenvalue weighted by atomic mass is 32.2. The van der Waals surface area contributed by atoms with E-state index in [9.17, 15) is 8.42 Å². The molecule has 6 heteroatoms. The van der Waals surface area contributed by atoms with Gasteiger partial charge in [-0.1, -0.05) is 0 Å². The van der Waals surface area contributed by atoms with E-state index >= 15 is 0 Å². The van der Waals surface area contributed by atoms with Crippen LogP contribution in [-0.2, 0) is 14.8 Å². The number of hydrogen-bond acceptors (Lipinski definition) is 4. The maximum Gasteiger partial charge on any atom is 0.240 e. The van der Waals surface area contributed by atoms with Crippen molar-refractivity contribution in [2.75, 3.05) is 18.9 Å². The summed E-state index contributed by atoms with van der Waals surface area (Å²) in [5.74, 6) is 0.229. The largest absolute Gasteiger partial charge is 0.399 e. The number of ether oxygens (including phenoxy) is 1. The molecule has 2 rings (SSSR count). The van der Waals surface area contributed by atoms with E-state index in [-0.39, 0.29) is 16.9 Å². The molecule has 20 heavy (non-hydrogen) atoms. The molecule has 0 radical (unpaired) electrons. The van der Waals surface area contributed by atoms with E-state index in [4.69, 9.17) is 10.5 Å². The molecule has 3 N–H and O–H groups in total. The molecule has 1 aliphatic heterocycles. The Morgan fingerprint density at radius 3 is 2.70 bits per heavy atom. The van der Waals surface area contributed by atoms with Crippen LogP contribution >= 0.6 is 0 Å². The van der Waals surface area contributed by atoms with Gasteiger partial charge in [0.05, 0.1) is 11.0 Å². The molecule has 2 atom stereocenters. The predicted molar refractivity (Wildman–Crippen MR) is 79.0 cm³/mol. The van der Waals surface area contributed by atoms with Crippen molar-refractivity contribution >= 4 is 15.7 Å². The van der Waals surface area contributed by atoms with Gasteiger partial charge in [0, 0.05) is 24.8 Å². The monoisotopic (exact) mass is 298 g/mol. The zero-order chi connectivity index (χ0) is 14.9. The van der Waals surface area contributed by atoms with E-state index in [1.165, 1.54) is 6.07 Å². The van der Waals surface area contributed by atoms with Crippen LogP contribution in [0, 0.1) is 19.8 Å². The minimum absolute atomic E-state index is 0.0985. The summed E-state index contributed by atoms with van der Waals surface area (Å²) >= 11 is 0. The summed E-state index contributed by atoms with van der Waals surface area (Å²) in [6.45, 7) is 6.73. The highest BCUT2D eigenvalue weighted by molar-refractivity contribution is 7.89. The lowest BCUT2D eigenvalue weighted by Gasteiger charge is -2.16. The van der Waals surface area contributed by atoms with Crippen LogP contribution in [0.1, 0.15) is 24.5 Å². The highest BCUT2D eigenvalue weighted by Crippen LogP contribution is 2.24. The van der Waals surface area contributed by atoms with Gasteiger partial charge in [-0.25, -0.2) is 13.1 Å². The Morgan fingerprint density at radius 2 is 2.10 bits per heavy atom. The van der Waals surface area contributed by atoms with Crippen molar-refractivity contribution < 1.29 is 13.2 Å². The van der Waals surface area contributed by atoms with Crippen LogP contribution in [0.4, 0.5) is 5.69 Å². The highest BCUT2D eigenvalue weighted by Gasteiger charge is 2.27. The lowest BCUT2D eigenvalue weighted by Crippen LogP contribution is -2.32. The van der Waals surface area contributed by atoms with E-state index in [0.717, 1.165) is 17.5 Å². The first-order valence-electron chi connectivity index (χ1n) is 6.79. The Bertz CT molecular complexity index is 599. The quantitative estimate of drug-likeness (QED) is 0.827. The number of aryl methyl sites for hydroxylation is 1. The minimum Gasteiger partial charge on any atom is -0.399 e. The SMILES string of the molecule is Cc1cc(N)cc(S(=O)(=O)NCC2CCOC2C)c1C. The topological polar surface area (TPSA) is 81.4 Å². The van der Waals surface area contributed by atoms with Crippen LogP contribution in [-0.4, -0.2) is 27.7 Å². The molecule has 5 nitrogen and oxygen atoms in total. The van der Waals surface area contributed by atoms with Crippen LogP contribution in [0.2, 0.25) is 0 Å². The predicted octanol–water partition coefficient (Wildman–Crippen LogP) is 1.59. The summed E-state index contributed by atoms with van der Waals surface area (Å²) in [7, 11) is -3.53. The zero-order valence-corrected chi connectivity index (χ0v) is 13.0. The number of nitrogens with two attached hydrogens (primary N) is 1. The fourth-order valence-corrected chi connectivity index (χ4v) is 3.92. The molecule has 1 aliphatic rings. The molecule has 0 spiro atoms. The van der Waals surface area contributed by atoms with Gasteiger partial charge in [-0.05, 0) is 50.5 Å². The summed E-state index contributed by atoms with van der Waals surface area (Å²) in [6.07, 6.45) is 0.986. The molecule has 2 unspecified atom stereocenters. The maximum absolute atomic E-state index is 12.4. The van der Waals surface area contributed by atoms with Gasteiger partial charge in [-0.2, -0.15) is 0 Å². The third kappa shape index (κ3) is 3.13. The molecule has 1 heterocycles. The van der Waals surface area contributed by atoms with E-state index in [2.05, 4.69) is 4.72 Å². The van der Waals surface area contributed by atoms with Gasteiger partial charge in [0.15, 0.2) is 0 Å². The van der Waals surface area contributed by atoms with Crippen molar-refractivity contribution in [3.05, 3.63) is 23.3 Å². The van der Waals surface area contributed by atoms with Crippen LogP contribution in [0.3, 0.4) is 0 Å². The average Bonchev–Trinajstić information content (AvgIpc) is 2.77. The lowest BCUT2D eigenvalue weighted by molar-refractivity contribution is 0.107. The molecule has 0 bridgehead atoms. The second kappa shape index (κ2) is 5.71. The minimum atomic E-state index is -3.53. The second-order valence-corrected chi connectivity index (χ2v) is 7.17. The standard InChI is InChI=1S/C14H22N2O3S/c1-9-6-13(15)7-14(10(9)2)20(17,18)16-8-12-4-5-19-11(12)3/h6-7,11-12,16H,4-5,8,15H2,1-3H3. The van der Waals surface area contributed by atoms with Gasteiger partial charge in [-0.15, -0.1) is 0 Å². The smallest absolute Gasteiger partial charge is 0.240 e. The van der Waals surface area contributed by atoms with Gasteiger partial charge < -0.3 is 10.5 Å². The molecule has 0 saturated carbocycles. The molecule has 1 aromatic rings. The molecule has 0 aromatic heterocycles. The molecule has 112 valence electrons.